The molecule has 1 aromatic heterocycles. The van der Waals surface area contributed by atoms with E-state index in [4.69, 9.17) is 17.3 Å². The zero-order valence-corrected chi connectivity index (χ0v) is 7.38. The highest BCUT2D eigenvalue weighted by Gasteiger charge is 2.07. The van der Waals surface area contributed by atoms with Crippen molar-refractivity contribution in [2.75, 3.05) is 5.88 Å². The Hall–Kier alpha value is -0.0500. The summed E-state index contributed by atoms with van der Waals surface area (Å²) in [7, 11) is 0. The Labute approximate surface area is 69.8 Å². The highest BCUT2D eigenvalue weighted by Crippen LogP contribution is 2.22. The van der Waals surface area contributed by atoms with Gasteiger partial charge in [-0.15, -0.1) is 22.9 Å². The minimum absolute atomic E-state index is 0.0154. The van der Waals surface area contributed by atoms with Gasteiger partial charge in [0.05, 0.1) is 6.04 Å². The molecule has 0 saturated heterocycles. The average Bonchev–Trinajstić information content (AvgIpc) is 2.34. The molecule has 1 nitrogen and oxygen atoms in total. The van der Waals surface area contributed by atoms with Gasteiger partial charge in [0.15, 0.2) is 0 Å². The SMILES string of the molecule is Cc1ccsc1C(N)CCl. The van der Waals surface area contributed by atoms with E-state index in [0.717, 1.165) is 0 Å². The highest BCUT2D eigenvalue weighted by molar-refractivity contribution is 7.10. The molecule has 1 rings (SSSR count). The van der Waals surface area contributed by atoms with Crippen LogP contribution < -0.4 is 5.73 Å². The van der Waals surface area contributed by atoms with Crippen molar-refractivity contribution < 1.29 is 0 Å². The lowest BCUT2D eigenvalue weighted by atomic mass is 10.2. The largest absolute Gasteiger partial charge is 0.322 e. The Kier molecular flexibility index (Phi) is 2.72. The van der Waals surface area contributed by atoms with Gasteiger partial charge in [-0.1, -0.05) is 0 Å². The highest BCUT2D eigenvalue weighted by atomic mass is 35.5. The van der Waals surface area contributed by atoms with Crippen LogP contribution >= 0.6 is 22.9 Å². The molecular formula is C7H10ClNS. The predicted molar refractivity (Wildman–Crippen MR) is 46.7 cm³/mol. The van der Waals surface area contributed by atoms with Gasteiger partial charge < -0.3 is 5.73 Å². The molecule has 56 valence electrons. The van der Waals surface area contributed by atoms with Gasteiger partial charge in [-0.2, -0.15) is 0 Å². The molecular weight excluding hydrogens is 166 g/mol. The maximum Gasteiger partial charge on any atom is 0.0529 e. The first kappa shape index (κ1) is 8.05. The van der Waals surface area contributed by atoms with E-state index in [1.807, 2.05) is 5.38 Å². The van der Waals surface area contributed by atoms with Crippen molar-refractivity contribution in [1.82, 2.24) is 0 Å². The normalized spacial score (nSPS) is 13.5. The Morgan fingerprint density at radius 2 is 2.50 bits per heavy atom. The Balaban J connectivity index is 2.82. The first-order valence-corrected chi connectivity index (χ1v) is 4.52. The van der Waals surface area contributed by atoms with Crippen LogP contribution in [0, 0.1) is 6.92 Å². The Morgan fingerprint density at radius 1 is 1.80 bits per heavy atom. The third kappa shape index (κ3) is 1.51. The minimum Gasteiger partial charge on any atom is -0.322 e. The lowest BCUT2D eigenvalue weighted by molar-refractivity contribution is 0.840. The fourth-order valence-electron chi connectivity index (χ4n) is 0.834. The second kappa shape index (κ2) is 3.37. The summed E-state index contributed by atoms with van der Waals surface area (Å²) in [4.78, 5) is 1.20. The van der Waals surface area contributed by atoms with E-state index in [2.05, 4.69) is 13.0 Å². The topological polar surface area (TPSA) is 26.0 Å². The molecule has 1 aromatic rings. The van der Waals surface area contributed by atoms with Crippen LogP contribution in [0.1, 0.15) is 16.5 Å². The van der Waals surface area contributed by atoms with Crippen LogP contribution in [-0.2, 0) is 0 Å². The molecule has 1 unspecified atom stereocenters. The van der Waals surface area contributed by atoms with E-state index in [1.54, 1.807) is 11.3 Å². The number of halogens is 1. The van der Waals surface area contributed by atoms with Crippen LogP contribution in [0.25, 0.3) is 0 Å². The maximum atomic E-state index is 5.72. The molecule has 0 aliphatic rings. The quantitative estimate of drug-likeness (QED) is 0.686. The second-order valence-corrected chi connectivity index (χ2v) is 3.48. The van der Waals surface area contributed by atoms with Gasteiger partial charge in [0.2, 0.25) is 0 Å². The number of nitrogens with two attached hydrogens (primary N) is 1. The van der Waals surface area contributed by atoms with E-state index >= 15 is 0 Å². The number of thiophene rings is 1. The third-order valence-corrected chi connectivity index (χ3v) is 2.89. The number of hydrogen-bond acceptors (Lipinski definition) is 2. The fraction of sp³-hybridized carbons (Fsp3) is 0.429. The lowest BCUT2D eigenvalue weighted by Gasteiger charge is -2.04. The molecule has 2 N–H and O–H groups in total. The number of rotatable bonds is 2. The summed E-state index contributed by atoms with van der Waals surface area (Å²) in [5.41, 5.74) is 6.97. The monoisotopic (exact) mass is 175 g/mol. The third-order valence-electron chi connectivity index (χ3n) is 1.40. The Morgan fingerprint density at radius 3 is 2.90 bits per heavy atom. The summed E-state index contributed by atoms with van der Waals surface area (Å²) in [6.07, 6.45) is 0. The molecule has 10 heavy (non-hydrogen) atoms. The first-order valence-electron chi connectivity index (χ1n) is 3.11. The molecule has 1 heterocycles. The molecule has 0 bridgehead atoms. The van der Waals surface area contributed by atoms with E-state index < -0.39 is 0 Å². The number of aryl methyl sites for hydroxylation is 1. The van der Waals surface area contributed by atoms with Gasteiger partial charge in [0, 0.05) is 10.8 Å². The summed E-state index contributed by atoms with van der Waals surface area (Å²) in [6.45, 7) is 2.05. The minimum atomic E-state index is 0.0154. The second-order valence-electron chi connectivity index (χ2n) is 2.23. The van der Waals surface area contributed by atoms with E-state index in [0.29, 0.717) is 5.88 Å². The van der Waals surface area contributed by atoms with Crippen molar-refractivity contribution in [1.29, 1.82) is 0 Å². The van der Waals surface area contributed by atoms with Crippen LogP contribution in [0.3, 0.4) is 0 Å². The van der Waals surface area contributed by atoms with Crippen LogP contribution in [-0.4, -0.2) is 5.88 Å². The predicted octanol–water partition coefficient (Wildman–Crippen LogP) is 2.30. The number of hydrogen-bond donors (Lipinski definition) is 1. The van der Waals surface area contributed by atoms with Crippen molar-refractivity contribution in [2.24, 2.45) is 5.73 Å². The molecule has 0 aliphatic carbocycles. The molecule has 0 fully saturated rings. The molecule has 0 radical (unpaired) electrons. The van der Waals surface area contributed by atoms with E-state index in [1.165, 1.54) is 10.4 Å². The van der Waals surface area contributed by atoms with E-state index in [-0.39, 0.29) is 6.04 Å². The van der Waals surface area contributed by atoms with Gasteiger partial charge in [0.25, 0.3) is 0 Å². The Bertz CT molecular complexity index is 209. The zero-order valence-electron chi connectivity index (χ0n) is 5.80. The van der Waals surface area contributed by atoms with Crippen LogP contribution in [0.4, 0.5) is 0 Å². The lowest BCUT2D eigenvalue weighted by Crippen LogP contribution is -2.10. The van der Waals surface area contributed by atoms with Crippen molar-refractivity contribution in [3.8, 4) is 0 Å². The molecule has 0 saturated carbocycles. The summed E-state index contributed by atoms with van der Waals surface area (Å²) in [5.74, 6) is 0.501. The van der Waals surface area contributed by atoms with E-state index in [9.17, 15) is 0 Å². The van der Waals surface area contributed by atoms with Gasteiger partial charge in [-0.3, -0.25) is 0 Å². The van der Waals surface area contributed by atoms with Gasteiger partial charge in [0.1, 0.15) is 0 Å². The molecule has 0 aromatic carbocycles. The zero-order chi connectivity index (χ0) is 7.56. The van der Waals surface area contributed by atoms with Crippen molar-refractivity contribution in [3.05, 3.63) is 21.9 Å². The molecule has 3 heteroatoms. The number of alkyl halides is 1. The smallest absolute Gasteiger partial charge is 0.0529 e. The summed E-state index contributed by atoms with van der Waals surface area (Å²) >= 11 is 7.27. The average molecular weight is 176 g/mol. The van der Waals surface area contributed by atoms with Crippen molar-refractivity contribution in [2.45, 2.75) is 13.0 Å². The first-order chi connectivity index (χ1) is 4.75. The van der Waals surface area contributed by atoms with Crippen molar-refractivity contribution >= 4 is 22.9 Å². The summed E-state index contributed by atoms with van der Waals surface area (Å²) < 4.78 is 0. The van der Waals surface area contributed by atoms with Gasteiger partial charge in [-0.25, -0.2) is 0 Å². The van der Waals surface area contributed by atoms with Crippen LogP contribution in [0.2, 0.25) is 0 Å². The standard InChI is InChI=1S/C7H10ClNS/c1-5-2-3-10-7(5)6(9)4-8/h2-3,6H,4,9H2,1H3. The maximum absolute atomic E-state index is 5.72. The van der Waals surface area contributed by atoms with Gasteiger partial charge in [-0.05, 0) is 23.9 Å². The molecule has 0 spiro atoms. The summed E-state index contributed by atoms with van der Waals surface area (Å²) in [6, 6.07) is 2.08. The summed E-state index contributed by atoms with van der Waals surface area (Å²) in [5, 5.41) is 2.04. The molecule has 0 amide bonds. The van der Waals surface area contributed by atoms with Crippen molar-refractivity contribution in [3.63, 3.8) is 0 Å². The molecule has 1 atom stereocenters. The van der Waals surface area contributed by atoms with Crippen LogP contribution in [0.15, 0.2) is 11.4 Å². The van der Waals surface area contributed by atoms with Crippen LogP contribution in [0.5, 0.6) is 0 Å². The van der Waals surface area contributed by atoms with Gasteiger partial charge >= 0.3 is 0 Å². The molecule has 0 aliphatic heterocycles. The fourth-order valence-corrected chi connectivity index (χ4v) is 2.01.